The maximum Gasteiger partial charge on any atom is 0.198 e. The molecule has 1 aliphatic rings. The standard InChI is InChI=1S/C33H36F2N2O/c1-6-23-18-30-27(17-29(23)35)19-32(37-30)38-31(7-2)33(36)22(5)21(4)25-14-13-24(20(3)15-25)16-26-11-9-8-10-12-28(26)34/h7,9-15,17-19,21-22,37H,2,6,8,16,36H2,1,3-5H3/b33-31-. The molecule has 3 aromatic rings. The second-order valence-corrected chi connectivity index (χ2v) is 10.00. The van der Waals surface area contributed by atoms with Crippen LogP contribution in [0.15, 0.2) is 96.2 Å². The molecule has 0 fully saturated rings. The van der Waals surface area contributed by atoms with Gasteiger partial charge in [-0.25, -0.2) is 8.78 Å². The summed E-state index contributed by atoms with van der Waals surface area (Å²) in [7, 11) is 0. The van der Waals surface area contributed by atoms with Gasteiger partial charge in [0.15, 0.2) is 5.88 Å². The van der Waals surface area contributed by atoms with Crippen LogP contribution in [0.1, 0.15) is 55.4 Å². The van der Waals surface area contributed by atoms with Crippen molar-refractivity contribution >= 4 is 10.9 Å². The van der Waals surface area contributed by atoms with Gasteiger partial charge in [-0.2, -0.15) is 0 Å². The van der Waals surface area contributed by atoms with Crippen molar-refractivity contribution in [3.63, 3.8) is 0 Å². The third kappa shape index (κ3) is 5.83. The molecule has 4 rings (SSSR count). The van der Waals surface area contributed by atoms with E-state index in [4.69, 9.17) is 10.5 Å². The third-order valence-electron chi connectivity index (χ3n) is 7.51. The van der Waals surface area contributed by atoms with E-state index < -0.39 is 0 Å². The fourth-order valence-electron chi connectivity index (χ4n) is 4.81. The molecule has 2 atom stereocenters. The molecule has 0 bridgehead atoms. The summed E-state index contributed by atoms with van der Waals surface area (Å²) in [6.07, 6.45) is 10.7. The Kier molecular flexibility index (Phi) is 8.35. The quantitative estimate of drug-likeness (QED) is 0.222. The fraction of sp³-hybridized carbons (Fsp3) is 0.273. The summed E-state index contributed by atoms with van der Waals surface area (Å²) in [5.41, 5.74) is 12.7. The number of aromatic nitrogens is 1. The highest BCUT2D eigenvalue weighted by Crippen LogP contribution is 2.32. The Morgan fingerprint density at radius 1 is 1.11 bits per heavy atom. The molecule has 0 aliphatic heterocycles. The zero-order chi connectivity index (χ0) is 27.4. The van der Waals surface area contributed by atoms with Gasteiger partial charge in [0, 0.05) is 29.3 Å². The maximum absolute atomic E-state index is 14.4. The maximum atomic E-state index is 14.4. The SMILES string of the molecule is C=C/C(Oc1cc2cc(F)c(CC)cc2[nH]1)=C(/N)C(C)C(C)c1ccc(CC2=C(F)C=CCC=C2)c(C)c1. The molecular formula is C33H36F2N2O. The number of aromatic amines is 1. The Morgan fingerprint density at radius 2 is 1.87 bits per heavy atom. The molecule has 0 spiro atoms. The average Bonchev–Trinajstić information content (AvgIpc) is 3.18. The van der Waals surface area contributed by atoms with Gasteiger partial charge in [0.1, 0.15) is 17.4 Å². The second kappa shape index (κ2) is 11.7. The molecular weight excluding hydrogens is 478 g/mol. The van der Waals surface area contributed by atoms with Crippen molar-refractivity contribution < 1.29 is 13.5 Å². The number of benzene rings is 2. The van der Waals surface area contributed by atoms with Crippen LogP contribution in [0, 0.1) is 18.7 Å². The molecule has 1 aromatic heterocycles. The van der Waals surface area contributed by atoms with E-state index in [-0.39, 0.29) is 23.5 Å². The van der Waals surface area contributed by atoms with Crippen LogP contribution >= 0.6 is 0 Å². The number of halogens is 2. The first-order valence-electron chi connectivity index (χ1n) is 13.1. The Balaban J connectivity index is 1.53. The second-order valence-electron chi connectivity index (χ2n) is 10.00. The zero-order valence-corrected chi connectivity index (χ0v) is 22.6. The van der Waals surface area contributed by atoms with Crippen LogP contribution in [0.25, 0.3) is 10.9 Å². The molecule has 2 unspecified atom stereocenters. The lowest BCUT2D eigenvalue weighted by molar-refractivity contribution is 0.407. The number of nitrogens with two attached hydrogens (primary N) is 1. The minimum absolute atomic E-state index is 0.0446. The number of hydrogen-bond acceptors (Lipinski definition) is 2. The van der Waals surface area contributed by atoms with Gasteiger partial charge in [-0.3, -0.25) is 0 Å². The van der Waals surface area contributed by atoms with E-state index in [2.05, 4.69) is 50.5 Å². The van der Waals surface area contributed by atoms with Gasteiger partial charge in [-0.1, -0.05) is 63.8 Å². The minimum Gasteiger partial charge on any atom is -0.439 e. The van der Waals surface area contributed by atoms with E-state index in [1.165, 1.54) is 6.07 Å². The molecule has 3 nitrogen and oxygen atoms in total. The van der Waals surface area contributed by atoms with Crippen molar-refractivity contribution in [2.24, 2.45) is 11.7 Å². The summed E-state index contributed by atoms with van der Waals surface area (Å²) in [6.45, 7) is 12.1. The van der Waals surface area contributed by atoms with Gasteiger partial charge in [-0.05, 0) is 77.8 Å². The summed E-state index contributed by atoms with van der Waals surface area (Å²) >= 11 is 0. The van der Waals surface area contributed by atoms with Crippen LogP contribution in [-0.4, -0.2) is 4.98 Å². The van der Waals surface area contributed by atoms with Crippen molar-refractivity contribution in [1.29, 1.82) is 0 Å². The van der Waals surface area contributed by atoms with Gasteiger partial charge in [0.05, 0.1) is 5.70 Å². The number of hydrogen-bond donors (Lipinski definition) is 2. The van der Waals surface area contributed by atoms with E-state index in [9.17, 15) is 8.78 Å². The minimum atomic E-state index is -0.224. The largest absolute Gasteiger partial charge is 0.439 e. The summed E-state index contributed by atoms with van der Waals surface area (Å²) in [6, 6.07) is 11.4. The Hall–Kier alpha value is -3.86. The molecule has 0 radical (unpaired) electrons. The fourth-order valence-corrected chi connectivity index (χ4v) is 4.81. The lowest BCUT2D eigenvalue weighted by Crippen LogP contribution is -2.19. The first-order valence-corrected chi connectivity index (χ1v) is 13.1. The zero-order valence-electron chi connectivity index (χ0n) is 22.6. The van der Waals surface area contributed by atoms with Crippen LogP contribution < -0.4 is 10.5 Å². The van der Waals surface area contributed by atoms with Gasteiger partial charge in [0.25, 0.3) is 0 Å². The number of nitrogens with one attached hydrogen (secondary N) is 1. The lowest BCUT2D eigenvalue weighted by Gasteiger charge is -2.23. The van der Waals surface area contributed by atoms with Crippen LogP contribution in [0.2, 0.25) is 0 Å². The molecule has 1 aliphatic carbocycles. The number of allylic oxidation sites excluding steroid dienone is 8. The van der Waals surface area contributed by atoms with Crippen molar-refractivity contribution in [1.82, 2.24) is 4.98 Å². The van der Waals surface area contributed by atoms with E-state index in [1.807, 2.05) is 31.2 Å². The van der Waals surface area contributed by atoms with E-state index in [0.717, 1.165) is 34.0 Å². The molecule has 0 amide bonds. The Morgan fingerprint density at radius 3 is 2.58 bits per heavy atom. The van der Waals surface area contributed by atoms with Crippen molar-refractivity contribution in [3.05, 3.63) is 124 Å². The molecule has 0 saturated heterocycles. The molecule has 38 heavy (non-hydrogen) atoms. The summed E-state index contributed by atoms with van der Waals surface area (Å²) in [5.74, 6) is 0.604. The van der Waals surface area contributed by atoms with Gasteiger partial charge < -0.3 is 15.5 Å². The normalized spacial score (nSPS) is 15.8. The topological polar surface area (TPSA) is 51.0 Å². The predicted molar refractivity (Wildman–Crippen MR) is 153 cm³/mol. The molecule has 5 heteroatoms. The van der Waals surface area contributed by atoms with Crippen LogP contribution in [0.3, 0.4) is 0 Å². The predicted octanol–water partition coefficient (Wildman–Crippen LogP) is 8.63. The van der Waals surface area contributed by atoms with E-state index >= 15 is 0 Å². The number of fused-ring (bicyclic) bond motifs is 1. The highest BCUT2D eigenvalue weighted by Gasteiger charge is 2.21. The molecule has 2 aromatic carbocycles. The summed E-state index contributed by atoms with van der Waals surface area (Å²) < 4.78 is 34.7. The lowest BCUT2D eigenvalue weighted by atomic mass is 9.84. The molecule has 1 heterocycles. The Labute approximate surface area is 224 Å². The van der Waals surface area contributed by atoms with Crippen LogP contribution in [0.4, 0.5) is 8.78 Å². The first kappa shape index (κ1) is 27.2. The van der Waals surface area contributed by atoms with Gasteiger partial charge in [-0.15, -0.1) is 0 Å². The van der Waals surface area contributed by atoms with E-state index in [0.29, 0.717) is 41.3 Å². The van der Waals surface area contributed by atoms with Crippen LogP contribution in [0.5, 0.6) is 5.88 Å². The number of aryl methyl sites for hydroxylation is 2. The van der Waals surface area contributed by atoms with Crippen molar-refractivity contribution in [2.45, 2.75) is 52.9 Å². The number of rotatable bonds is 9. The monoisotopic (exact) mass is 514 g/mol. The van der Waals surface area contributed by atoms with Gasteiger partial charge >= 0.3 is 0 Å². The summed E-state index contributed by atoms with van der Waals surface area (Å²) in [4.78, 5) is 3.21. The Bertz CT molecular complexity index is 1470. The molecule has 198 valence electrons. The highest BCUT2D eigenvalue weighted by molar-refractivity contribution is 5.82. The van der Waals surface area contributed by atoms with Crippen molar-refractivity contribution in [2.75, 3.05) is 0 Å². The average molecular weight is 515 g/mol. The van der Waals surface area contributed by atoms with Crippen LogP contribution in [-0.2, 0) is 12.8 Å². The van der Waals surface area contributed by atoms with Gasteiger partial charge in [0.2, 0.25) is 0 Å². The third-order valence-corrected chi connectivity index (χ3v) is 7.51. The smallest absolute Gasteiger partial charge is 0.198 e. The summed E-state index contributed by atoms with van der Waals surface area (Å²) in [5, 5.41) is 0.736. The highest BCUT2D eigenvalue weighted by atomic mass is 19.1. The number of ether oxygens (including phenoxy) is 1. The first-order chi connectivity index (χ1) is 18.2. The van der Waals surface area contributed by atoms with E-state index in [1.54, 1.807) is 18.2 Å². The van der Waals surface area contributed by atoms with Crippen molar-refractivity contribution in [3.8, 4) is 5.88 Å². The molecule has 0 saturated carbocycles. The number of H-pyrrole nitrogens is 1. The molecule has 3 N–H and O–H groups in total.